The van der Waals surface area contributed by atoms with Gasteiger partial charge in [0.15, 0.2) is 0 Å². The molecular formula is C13H20N4O2. The van der Waals surface area contributed by atoms with Crippen LogP contribution >= 0.6 is 0 Å². The first-order chi connectivity index (χ1) is 9.11. The van der Waals surface area contributed by atoms with E-state index in [1.54, 1.807) is 0 Å². The maximum atomic E-state index is 11.1. The maximum Gasteiger partial charge on any atom is 0.339 e. The minimum absolute atomic E-state index is 0.222. The molecule has 1 aromatic rings. The number of carboxylic acid groups (broad SMARTS) is 1. The van der Waals surface area contributed by atoms with E-state index < -0.39 is 5.97 Å². The van der Waals surface area contributed by atoms with Gasteiger partial charge in [0.2, 0.25) is 5.95 Å². The average molecular weight is 264 g/mol. The molecule has 1 aliphatic heterocycles. The number of rotatable bonds is 4. The van der Waals surface area contributed by atoms with Crippen molar-refractivity contribution in [2.75, 3.05) is 38.1 Å². The number of carbonyl (C=O) groups is 1. The third-order valence-electron chi connectivity index (χ3n) is 3.36. The van der Waals surface area contributed by atoms with Crippen molar-refractivity contribution in [1.29, 1.82) is 0 Å². The molecule has 0 saturated carbocycles. The molecule has 1 saturated heterocycles. The zero-order valence-electron chi connectivity index (χ0n) is 11.5. The highest BCUT2D eigenvalue weighted by molar-refractivity contribution is 5.88. The van der Waals surface area contributed by atoms with E-state index in [1.165, 1.54) is 6.20 Å². The second kappa shape index (κ2) is 5.97. The van der Waals surface area contributed by atoms with Gasteiger partial charge in [0, 0.05) is 32.4 Å². The Morgan fingerprint density at radius 1 is 1.37 bits per heavy atom. The van der Waals surface area contributed by atoms with Crippen molar-refractivity contribution in [3.63, 3.8) is 0 Å². The topological polar surface area (TPSA) is 69.6 Å². The minimum Gasteiger partial charge on any atom is -0.478 e. The molecule has 0 radical (unpaired) electrons. The molecule has 0 amide bonds. The molecule has 1 fully saturated rings. The minimum atomic E-state index is -0.951. The van der Waals surface area contributed by atoms with Crippen molar-refractivity contribution < 1.29 is 9.90 Å². The van der Waals surface area contributed by atoms with E-state index in [2.05, 4.69) is 26.8 Å². The summed E-state index contributed by atoms with van der Waals surface area (Å²) in [5, 5.41) is 9.13. The van der Waals surface area contributed by atoms with Gasteiger partial charge in [-0.3, -0.25) is 0 Å². The lowest BCUT2D eigenvalue weighted by Crippen LogP contribution is -2.45. The van der Waals surface area contributed by atoms with Crippen molar-refractivity contribution in [1.82, 2.24) is 14.9 Å². The van der Waals surface area contributed by atoms with Gasteiger partial charge in [-0.15, -0.1) is 0 Å². The third kappa shape index (κ3) is 3.20. The van der Waals surface area contributed by atoms with Crippen LogP contribution in [0.25, 0.3) is 0 Å². The van der Waals surface area contributed by atoms with Crippen LogP contribution in [-0.4, -0.2) is 59.2 Å². The number of hydrogen-bond donors (Lipinski definition) is 1. The van der Waals surface area contributed by atoms with Gasteiger partial charge in [0.1, 0.15) is 0 Å². The zero-order chi connectivity index (χ0) is 13.8. The first-order valence-corrected chi connectivity index (χ1v) is 6.64. The second-order valence-electron chi connectivity index (χ2n) is 4.88. The SMILES string of the molecule is CCCc1nc(N2CCN(C)CC2)ncc1C(=O)O. The van der Waals surface area contributed by atoms with E-state index in [0.717, 1.165) is 32.6 Å². The smallest absolute Gasteiger partial charge is 0.339 e. The third-order valence-corrected chi connectivity index (χ3v) is 3.36. The van der Waals surface area contributed by atoms with Gasteiger partial charge < -0.3 is 14.9 Å². The Hall–Kier alpha value is -1.69. The summed E-state index contributed by atoms with van der Waals surface area (Å²) in [5.74, 6) is -0.296. The van der Waals surface area contributed by atoms with Gasteiger partial charge in [0.25, 0.3) is 0 Å². The van der Waals surface area contributed by atoms with E-state index in [0.29, 0.717) is 18.1 Å². The van der Waals surface area contributed by atoms with Crippen LogP contribution in [0.2, 0.25) is 0 Å². The number of carboxylic acids is 1. The molecule has 0 unspecified atom stereocenters. The fourth-order valence-electron chi connectivity index (χ4n) is 2.17. The van der Waals surface area contributed by atoms with E-state index in [9.17, 15) is 4.79 Å². The predicted octanol–water partition coefficient (Wildman–Crippen LogP) is 0.879. The summed E-state index contributed by atoms with van der Waals surface area (Å²) in [7, 11) is 2.09. The number of likely N-dealkylation sites (N-methyl/N-ethyl adjacent to an activating group) is 1. The van der Waals surface area contributed by atoms with E-state index in [1.807, 2.05) is 6.92 Å². The first-order valence-electron chi connectivity index (χ1n) is 6.64. The van der Waals surface area contributed by atoms with Gasteiger partial charge in [-0.1, -0.05) is 13.3 Å². The Morgan fingerprint density at radius 2 is 2.05 bits per heavy atom. The van der Waals surface area contributed by atoms with E-state index >= 15 is 0 Å². The molecule has 6 nitrogen and oxygen atoms in total. The number of piperazine rings is 1. The number of aromatic carboxylic acids is 1. The quantitative estimate of drug-likeness (QED) is 0.870. The molecule has 0 aliphatic carbocycles. The second-order valence-corrected chi connectivity index (χ2v) is 4.88. The summed E-state index contributed by atoms with van der Waals surface area (Å²) in [6.45, 7) is 5.74. The Balaban J connectivity index is 2.22. The number of aryl methyl sites for hydroxylation is 1. The molecular weight excluding hydrogens is 244 g/mol. The normalized spacial score (nSPS) is 16.6. The highest BCUT2D eigenvalue weighted by Crippen LogP contribution is 2.15. The molecule has 0 atom stereocenters. The molecule has 2 rings (SSSR count). The van der Waals surface area contributed by atoms with Crippen LogP contribution in [0.1, 0.15) is 29.4 Å². The lowest BCUT2D eigenvalue weighted by Gasteiger charge is -2.32. The molecule has 1 aromatic heterocycles. The van der Waals surface area contributed by atoms with E-state index in [-0.39, 0.29) is 5.56 Å². The zero-order valence-corrected chi connectivity index (χ0v) is 11.5. The van der Waals surface area contributed by atoms with Gasteiger partial charge in [-0.05, 0) is 13.5 Å². The Labute approximate surface area is 113 Å². The van der Waals surface area contributed by atoms with Crippen LogP contribution in [-0.2, 0) is 6.42 Å². The van der Waals surface area contributed by atoms with Crippen molar-refractivity contribution >= 4 is 11.9 Å². The highest BCUT2D eigenvalue weighted by Gasteiger charge is 2.19. The van der Waals surface area contributed by atoms with Gasteiger partial charge >= 0.3 is 5.97 Å². The lowest BCUT2D eigenvalue weighted by atomic mass is 10.1. The molecule has 6 heteroatoms. The summed E-state index contributed by atoms with van der Waals surface area (Å²) >= 11 is 0. The maximum absolute atomic E-state index is 11.1. The fourth-order valence-corrected chi connectivity index (χ4v) is 2.17. The number of aromatic nitrogens is 2. The predicted molar refractivity (Wildman–Crippen MR) is 72.7 cm³/mol. The molecule has 0 bridgehead atoms. The molecule has 104 valence electrons. The van der Waals surface area contributed by atoms with Crippen LogP contribution in [0.3, 0.4) is 0 Å². The van der Waals surface area contributed by atoms with Gasteiger partial charge in [-0.25, -0.2) is 14.8 Å². The number of hydrogen-bond acceptors (Lipinski definition) is 5. The summed E-state index contributed by atoms with van der Waals surface area (Å²) in [6, 6.07) is 0. The summed E-state index contributed by atoms with van der Waals surface area (Å²) in [4.78, 5) is 24.2. The van der Waals surface area contributed by atoms with Crippen LogP contribution in [0.5, 0.6) is 0 Å². The largest absolute Gasteiger partial charge is 0.478 e. The summed E-state index contributed by atoms with van der Waals surface area (Å²) in [6.07, 6.45) is 2.98. The molecule has 0 spiro atoms. The lowest BCUT2D eigenvalue weighted by molar-refractivity contribution is 0.0694. The van der Waals surface area contributed by atoms with Crippen molar-refractivity contribution in [2.24, 2.45) is 0 Å². The van der Waals surface area contributed by atoms with Crippen molar-refractivity contribution in [2.45, 2.75) is 19.8 Å². The monoisotopic (exact) mass is 264 g/mol. The Kier molecular flexibility index (Phi) is 4.31. The van der Waals surface area contributed by atoms with Crippen molar-refractivity contribution in [3.8, 4) is 0 Å². The standard InChI is InChI=1S/C13H20N4O2/c1-3-4-11-10(12(18)19)9-14-13(15-11)17-7-5-16(2)6-8-17/h9H,3-8H2,1-2H3,(H,18,19). The average Bonchev–Trinajstić information content (AvgIpc) is 2.39. The summed E-state index contributed by atoms with van der Waals surface area (Å²) in [5.41, 5.74) is 0.860. The highest BCUT2D eigenvalue weighted by atomic mass is 16.4. The van der Waals surface area contributed by atoms with Gasteiger partial charge in [0.05, 0.1) is 11.3 Å². The molecule has 1 N–H and O–H groups in total. The summed E-state index contributed by atoms with van der Waals surface area (Å²) < 4.78 is 0. The van der Waals surface area contributed by atoms with Crippen molar-refractivity contribution in [3.05, 3.63) is 17.5 Å². The molecule has 2 heterocycles. The van der Waals surface area contributed by atoms with Crippen LogP contribution in [0.15, 0.2) is 6.20 Å². The van der Waals surface area contributed by atoms with Crippen LogP contribution in [0.4, 0.5) is 5.95 Å². The number of nitrogens with zero attached hydrogens (tertiary/aromatic N) is 4. The van der Waals surface area contributed by atoms with Crippen LogP contribution in [0, 0.1) is 0 Å². The molecule has 1 aliphatic rings. The fraction of sp³-hybridized carbons (Fsp3) is 0.615. The molecule has 0 aromatic carbocycles. The molecule has 19 heavy (non-hydrogen) atoms. The Morgan fingerprint density at radius 3 is 2.63 bits per heavy atom. The number of anilines is 1. The van der Waals surface area contributed by atoms with Gasteiger partial charge in [-0.2, -0.15) is 0 Å². The van der Waals surface area contributed by atoms with E-state index in [4.69, 9.17) is 5.11 Å². The Bertz CT molecular complexity index is 456. The first kappa shape index (κ1) is 13.7. The van der Waals surface area contributed by atoms with Crippen LogP contribution < -0.4 is 4.90 Å².